The predicted molar refractivity (Wildman–Crippen MR) is 82.3 cm³/mol. The Morgan fingerprint density at radius 3 is 2.67 bits per heavy atom. The molecule has 0 N–H and O–H groups in total. The highest BCUT2D eigenvalue weighted by Gasteiger charge is 2.09. The van der Waals surface area contributed by atoms with Crippen LogP contribution in [-0.2, 0) is 13.0 Å². The lowest BCUT2D eigenvalue weighted by Gasteiger charge is -2.17. The number of hydrogen-bond acceptors (Lipinski definition) is 2. The van der Waals surface area contributed by atoms with Crippen molar-refractivity contribution in [1.82, 2.24) is 9.55 Å². The smallest absolute Gasteiger partial charge is 0.108 e. The highest BCUT2D eigenvalue weighted by Crippen LogP contribution is 2.24. The Morgan fingerprint density at radius 1 is 1.22 bits per heavy atom. The number of thioether (sulfide) groups is 1. The van der Waals surface area contributed by atoms with Crippen molar-refractivity contribution in [3.63, 3.8) is 0 Å². The largest absolute Gasteiger partial charge is 0.335 e. The lowest BCUT2D eigenvalue weighted by molar-refractivity contribution is 0.592. The van der Waals surface area contributed by atoms with Gasteiger partial charge in [0.25, 0.3) is 0 Å². The highest BCUT2D eigenvalue weighted by atomic mass is 32.2. The van der Waals surface area contributed by atoms with Crippen molar-refractivity contribution in [3.05, 3.63) is 18.2 Å². The van der Waals surface area contributed by atoms with E-state index in [1.165, 1.54) is 37.3 Å². The monoisotopic (exact) mass is 268 g/mol. The molecule has 1 rings (SSSR count). The van der Waals surface area contributed by atoms with Crippen LogP contribution >= 0.6 is 11.8 Å². The summed E-state index contributed by atoms with van der Waals surface area (Å²) >= 11 is 2.06. The first-order chi connectivity index (χ1) is 8.53. The van der Waals surface area contributed by atoms with Crippen LogP contribution in [0.5, 0.6) is 0 Å². The van der Waals surface area contributed by atoms with Crippen molar-refractivity contribution in [1.29, 1.82) is 0 Å². The van der Waals surface area contributed by atoms with E-state index in [-0.39, 0.29) is 0 Å². The van der Waals surface area contributed by atoms with Crippen LogP contribution in [0, 0.1) is 0 Å². The van der Waals surface area contributed by atoms with E-state index in [4.69, 9.17) is 0 Å². The van der Waals surface area contributed by atoms with Gasteiger partial charge in [0.1, 0.15) is 5.82 Å². The first-order valence-corrected chi connectivity index (χ1v) is 8.15. The van der Waals surface area contributed by atoms with Crippen LogP contribution in [0.2, 0.25) is 0 Å². The Morgan fingerprint density at radius 2 is 2.00 bits per heavy atom. The summed E-state index contributed by atoms with van der Waals surface area (Å²) in [6, 6.07) is 0. The molecule has 0 saturated heterocycles. The van der Waals surface area contributed by atoms with Crippen LogP contribution in [0.4, 0.5) is 0 Å². The van der Waals surface area contributed by atoms with Gasteiger partial charge in [-0.3, -0.25) is 0 Å². The predicted octanol–water partition coefficient (Wildman–Crippen LogP) is 4.54. The van der Waals surface area contributed by atoms with Gasteiger partial charge in [0, 0.05) is 30.1 Å². The van der Waals surface area contributed by atoms with Crippen LogP contribution in [0.3, 0.4) is 0 Å². The fraction of sp³-hybridized carbons (Fsp3) is 0.800. The first-order valence-electron chi connectivity index (χ1n) is 7.17. The zero-order valence-electron chi connectivity index (χ0n) is 12.4. The van der Waals surface area contributed by atoms with Crippen LogP contribution in [0.1, 0.15) is 59.2 Å². The van der Waals surface area contributed by atoms with Crippen molar-refractivity contribution in [2.75, 3.05) is 5.75 Å². The van der Waals surface area contributed by atoms with Gasteiger partial charge >= 0.3 is 0 Å². The van der Waals surface area contributed by atoms with Gasteiger partial charge in [-0.15, -0.1) is 0 Å². The molecule has 0 aliphatic heterocycles. The summed E-state index contributed by atoms with van der Waals surface area (Å²) in [6.45, 7) is 10.2. The van der Waals surface area contributed by atoms with E-state index in [2.05, 4.69) is 55.2 Å². The zero-order valence-corrected chi connectivity index (χ0v) is 13.2. The number of unbranched alkanes of at least 4 members (excludes halogenated alkanes) is 2. The van der Waals surface area contributed by atoms with Crippen molar-refractivity contribution < 1.29 is 0 Å². The molecule has 0 radical (unpaired) electrons. The van der Waals surface area contributed by atoms with Crippen molar-refractivity contribution in [2.45, 2.75) is 71.1 Å². The molecular weight excluding hydrogens is 240 g/mol. The summed E-state index contributed by atoms with van der Waals surface area (Å²) in [6.07, 6.45) is 10.2. The fourth-order valence-corrected chi connectivity index (χ4v) is 2.83. The van der Waals surface area contributed by atoms with Gasteiger partial charge < -0.3 is 4.57 Å². The molecule has 104 valence electrons. The third-order valence-corrected chi connectivity index (χ3v) is 4.24. The summed E-state index contributed by atoms with van der Waals surface area (Å²) in [4.78, 5) is 4.45. The first kappa shape index (κ1) is 15.6. The van der Waals surface area contributed by atoms with Crippen LogP contribution in [-0.4, -0.2) is 20.1 Å². The molecule has 0 aliphatic rings. The average molecular weight is 268 g/mol. The Balaban J connectivity index is 2.21. The van der Waals surface area contributed by atoms with Crippen LogP contribution < -0.4 is 0 Å². The Kier molecular flexibility index (Phi) is 6.83. The summed E-state index contributed by atoms with van der Waals surface area (Å²) in [5.74, 6) is 2.53. The normalized spacial score (nSPS) is 12.0. The topological polar surface area (TPSA) is 17.8 Å². The number of aryl methyl sites for hydroxylation is 2. The maximum absolute atomic E-state index is 4.45. The fourth-order valence-electron chi connectivity index (χ4n) is 1.87. The van der Waals surface area contributed by atoms with Gasteiger partial charge in [-0.2, -0.15) is 11.8 Å². The van der Waals surface area contributed by atoms with Gasteiger partial charge in [-0.25, -0.2) is 4.98 Å². The molecule has 1 aromatic rings. The molecule has 0 atom stereocenters. The van der Waals surface area contributed by atoms with E-state index >= 15 is 0 Å². The number of rotatable bonds is 8. The van der Waals surface area contributed by atoms with Gasteiger partial charge in [-0.05, 0) is 25.0 Å². The minimum atomic E-state index is 0.404. The van der Waals surface area contributed by atoms with Crippen molar-refractivity contribution in [3.8, 4) is 0 Å². The molecule has 1 heterocycles. The second kappa shape index (κ2) is 7.88. The summed E-state index contributed by atoms with van der Waals surface area (Å²) < 4.78 is 2.73. The van der Waals surface area contributed by atoms with Gasteiger partial charge in [0.2, 0.25) is 0 Å². The molecule has 0 saturated carbocycles. The zero-order chi connectivity index (χ0) is 13.4. The molecule has 3 heteroatoms. The number of nitrogens with zero attached hydrogens (tertiary/aromatic N) is 2. The minimum absolute atomic E-state index is 0.404. The van der Waals surface area contributed by atoms with E-state index in [9.17, 15) is 0 Å². The molecule has 0 fully saturated rings. The highest BCUT2D eigenvalue weighted by molar-refractivity contribution is 8.00. The SMILES string of the molecule is CCCCc1nccn1CCCCSC(C)(C)C. The molecule has 1 aromatic heterocycles. The number of imidazole rings is 1. The lowest BCUT2D eigenvalue weighted by atomic mass is 10.2. The maximum Gasteiger partial charge on any atom is 0.108 e. The third kappa shape index (κ3) is 6.48. The molecule has 0 spiro atoms. The van der Waals surface area contributed by atoms with Crippen molar-refractivity contribution in [2.24, 2.45) is 0 Å². The van der Waals surface area contributed by atoms with E-state index in [0.29, 0.717) is 4.75 Å². The molecular formula is C15H28N2S. The molecule has 2 nitrogen and oxygen atoms in total. The minimum Gasteiger partial charge on any atom is -0.335 e. The molecule has 0 unspecified atom stereocenters. The Hall–Kier alpha value is -0.440. The van der Waals surface area contributed by atoms with E-state index in [1.807, 2.05) is 6.20 Å². The summed E-state index contributed by atoms with van der Waals surface area (Å²) in [7, 11) is 0. The molecule has 0 bridgehead atoms. The Labute approximate surface area is 117 Å². The lowest BCUT2D eigenvalue weighted by Crippen LogP contribution is -2.09. The number of aromatic nitrogens is 2. The van der Waals surface area contributed by atoms with E-state index in [0.717, 1.165) is 13.0 Å². The maximum atomic E-state index is 4.45. The van der Waals surface area contributed by atoms with Gasteiger partial charge in [0.05, 0.1) is 0 Å². The van der Waals surface area contributed by atoms with Crippen LogP contribution in [0.15, 0.2) is 12.4 Å². The average Bonchev–Trinajstić information content (AvgIpc) is 2.72. The van der Waals surface area contributed by atoms with Gasteiger partial charge in [-0.1, -0.05) is 34.1 Å². The standard InChI is InChI=1S/C15H28N2S/c1-5-6-9-14-16-10-12-17(14)11-7-8-13-18-15(2,3)4/h10,12H,5-9,11,13H2,1-4H3. The summed E-state index contributed by atoms with van der Waals surface area (Å²) in [5.41, 5.74) is 0. The molecule has 0 amide bonds. The molecule has 0 aromatic carbocycles. The molecule has 18 heavy (non-hydrogen) atoms. The number of hydrogen-bond donors (Lipinski definition) is 0. The van der Waals surface area contributed by atoms with Crippen molar-refractivity contribution >= 4 is 11.8 Å². The van der Waals surface area contributed by atoms with E-state index < -0.39 is 0 Å². The van der Waals surface area contributed by atoms with E-state index in [1.54, 1.807) is 0 Å². The van der Waals surface area contributed by atoms with Crippen LogP contribution in [0.25, 0.3) is 0 Å². The second-order valence-corrected chi connectivity index (χ2v) is 7.73. The summed E-state index contributed by atoms with van der Waals surface area (Å²) in [5, 5.41) is 0. The third-order valence-electron chi connectivity index (χ3n) is 2.88. The Bertz CT molecular complexity index is 325. The molecule has 0 aliphatic carbocycles. The quantitative estimate of drug-likeness (QED) is 0.644. The second-order valence-electron chi connectivity index (χ2n) is 5.81. The van der Waals surface area contributed by atoms with Gasteiger partial charge in [0.15, 0.2) is 0 Å².